The van der Waals surface area contributed by atoms with Crippen molar-refractivity contribution in [3.8, 4) is 5.75 Å². The molecule has 0 atom stereocenters. The van der Waals surface area contributed by atoms with Gasteiger partial charge in [0.25, 0.3) is 5.91 Å². The summed E-state index contributed by atoms with van der Waals surface area (Å²) in [7, 11) is 0. The van der Waals surface area contributed by atoms with E-state index in [0.29, 0.717) is 22.8 Å². The Hall–Kier alpha value is -3.67. The molecule has 0 aliphatic heterocycles. The van der Waals surface area contributed by atoms with Gasteiger partial charge in [-0.1, -0.05) is 18.2 Å². The minimum absolute atomic E-state index is 0.0241. The molecule has 0 spiro atoms. The Labute approximate surface area is 157 Å². The Balaban J connectivity index is 1.52. The van der Waals surface area contributed by atoms with E-state index in [1.807, 2.05) is 30.3 Å². The Morgan fingerprint density at radius 2 is 1.63 bits per heavy atom. The molecule has 2 aromatic carbocycles. The van der Waals surface area contributed by atoms with Crippen molar-refractivity contribution in [1.29, 1.82) is 0 Å². The summed E-state index contributed by atoms with van der Waals surface area (Å²) in [5.74, 6) is 1.03. The second-order valence-electron chi connectivity index (χ2n) is 5.84. The molecule has 6 nitrogen and oxygen atoms in total. The maximum Gasteiger partial charge on any atom is 0.262 e. The van der Waals surface area contributed by atoms with Crippen LogP contribution in [0.4, 0.5) is 17.2 Å². The number of nitrogens with one attached hydrogen (secondary N) is 2. The van der Waals surface area contributed by atoms with E-state index >= 15 is 0 Å². The average molecular weight is 361 g/mol. The number of hydrogen-bond acceptors (Lipinski definition) is 5. The molecule has 0 saturated carbocycles. The van der Waals surface area contributed by atoms with Gasteiger partial charge in [0.1, 0.15) is 11.6 Å². The van der Waals surface area contributed by atoms with Gasteiger partial charge in [0, 0.05) is 11.3 Å². The van der Waals surface area contributed by atoms with Crippen LogP contribution in [0.2, 0.25) is 0 Å². The first kappa shape index (κ1) is 18.1. The zero-order valence-electron chi connectivity index (χ0n) is 14.8. The summed E-state index contributed by atoms with van der Waals surface area (Å²) in [6.45, 7) is 1.45. The number of anilines is 3. The predicted octanol–water partition coefficient (Wildman–Crippen LogP) is 4.05. The van der Waals surface area contributed by atoms with E-state index in [-0.39, 0.29) is 18.3 Å². The number of Topliss-reactive ketones (excluding diaryl/α,β-unsaturated/α-hetero) is 1. The van der Waals surface area contributed by atoms with Crippen LogP contribution in [-0.4, -0.2) is 23.3 Å². The number of nitrogens with zero attached hydrogens (tertiary/aromatic N) is 1. The van der Waals surface area contributed by atoms with Gasteiger partial charge in [-0.3, -0.25) is 9.59 Å². The molecule has 1 heterocycles. The molecular formula is C21H19N3O3. The number of pyridine rings is 1. The molecule has 0 aliphatic carbocycles. The summed E-state index contributed by atoms with van der Waals surface area (Å²) in [6.07, 6.45) is 1.56. The average Bonchev–Trinajstić information content (AvgIpc) is 2.69. The van der Waals surface area contributed by atoms with Gasteiger partial charge in [-0.25, -0.2) is 4.98 Å². The number of aromatic nitrogens is 1. The minimum atomic E-state index is -0.263. The third-order valence-electron chi connectivity index (χ3n) is 3.72. The number of ether oxygens (including phenoxy) is 1. The number of hydrogen-bond donors (Lipinski definition) is 2. The second-order valence-corrected chi connectivity index (χ2v) is 5.84. The van der Waals surface area contributed by atoms with E-state index in [2.05, 4.69) is 15.6 Å². The van der Waals surface area contributed by atoms with Gasteiger partial charge >= 0.3 is 0 Å². The van der Waals surface area contributed by atoms with Crippen molar-refractivity contribution in [2.24, 2.45) is 0 Å². The molecule has 0 saturated heterocycles. The van der Waals surface area contributed by atoms with E-state index in [1.165, 1.54) is 6.92 Å². The molecule has 3 rings (SSSR count). The van der Waals surface area contributed by atoms with Gasteiger partial charge in [0.2, 0.25) is 0 Å². The van der Waals surface area contributed by atoms with Gasteiger partial charge in [0.15, 0.2) is 12.4 Å². The predicted molar refractivity (Wildman–Crippen MR) is 105 cm³/mol. The van der Waals surface area contributed by atoms with Crippen LogP contribution < -0.4 is 15.4 Å². The lowest BCUT2D eigenvalue weighted by Gasteiger charge is -2.09. The Kier molecular flexibility index (Phi) is 5.79. The Morgan fingerprint density at radius 1 is 0.926 bits per heavy atom. The number of para-hydroxylation sites is 1. The molecule has 2 N–H and O–H groups in total. The number of amides is 1. The first-order valence-corrected chi connectivity index (χ1v) is 8.42. The van der Waals surface area contributed by atoms with Crippen LogP contribution in [-0.2, 0) is 4.79 Å². The summed E-state index contributed by atoms with van der Waals surface area (Å²) in [5, 5.41) is 5.87. The number of ketones is 1. The first-order chi connectivity index (χ1) is 13.1. The first-order valence-electron chi connectivity index (χ1n) is 8.42. The smallest absolute Gasteiger partial charge is 0.262 e. The highest BCUT2D eigenvalue weighted by Crippen LogP contribution is 2.17. The van der Waals surface area contributed by atoms with Crippen LogP contribution in [0.3, 0.4) is 0 Å². The third kappa shape index (κ3) is 5.40. The van der Waals surface area contributed by atoms with E-state index in [0.717, 1.165) is 5.69 Å². The van der Waals surface area contributed by atoms with Gasteiger partial charge in [-0.05, 0) is 55.5 Å². The molecule has 0 aliphatic rings. The zero-order valence-corrected chi connectivity index (χ0v) is 14.8. The highest BCUT2D eigenvalue weighted by Gasteiger charge is 2.05. The van der Waals surface area contributed by atoms with Crippen molar-refractivity contribution in [3.63, 3.8) is 0 Å². The molecule has 136 valence electrons. The summed E-state index contributed by atoms with van der Waals surface area (Å²) in [6, 6.07) is 19.8. The van der Waals surface area contributed by atoms with Crippen molar-refractivity contribution < 1.29 is 14.3 Å². The molecule has 27 heavy (non-hydrogen) atoms. The lowest BCUT2D eigenvalue weighted by Crippen LogP contribution is -2.20. The van der Waals surface area contributed by atoms with Crippen LogP contribution in [0.25, 0.3) is 0 Å². The lowest BCUT2D eigenvalue weighted by molar-refractivity contribution is -0.118. The minimum Gasteiger partial charge on any atom is -0.484 e. The van der Waals surface area contributed by atoms with E-state index in [9.17, 15) is 9.59 Å². The van der Waals surface area contributed by atoms with Crippen molar-refractivity contribution in [2.45, 2.75) is 6.92 Å². The second kappa shape index (κ2) is 8.62. The van der Waals surface area contributed by atoms with Gasteiger partial charge in [0.05, 0.1) is 11.9 Å². The van der Waals surface area contributed by atoms with Crippen LogP contribution in [0, 0.1) is 0 Å². The molecule has 0 fully saturated rings. The standard InChI is InChI=1S/C21H19N3O3/c1-15(25)16-7-9-17(10-8-16)23-20-12-11-18(13-22-20)24-21(26)14-27-19-5-3-2-4-6-19/h2-13H,14H2,1H3,(H,22,23)(H,24,26). The summed E-state index contributed by atoms with van der Waals surface area (Å²) >= 11 is 0. The number of benzene rings is 2. The molecule has 0 radical (unpaired) electrons. The lowest BCUT2D eigenvalue weighted by atomic mass is 10.1. The van der Waals surface area contributed by atoms with E-state index in [4.69, 9.17) is 4.74 Å². The van der Waals surface area contributed by atoms with Gasteiger partial charge in [-0.15, -0.1) is 0 Å². The topological polar surface area (TPSA) is 80.3 Å². The van der Waals surface area contributed by atoms with Crippen molar-refractivity contribution >= 4 is 28.9 Å². The fourth-order valence-corrected chi connectivity index (χ4v) is 2.34. The largest absolute Gasteiger partial charge is 0.484 e. The van der Waals surface area contributed by atoms with Crippen molar-refractivity contribution in [3.05, 3.63) is 78.5 Å². The van der Waals surface area contributed by atoms with Gasteiger partial charge < -0.3 is 15.4 Å². The Bertz CT molecular complexity index is 908. The van der Waals surface area contributed by atoms with Crippen molar-refractivity contribution in [1.82, 2.24) is 4.98 Å². The fourth-order valence-electron chi connectivity index (χ4n) is 2.34. The Morgan fingerprint density at radius 3 is 2.26 bits per heavy atom. The molecule has 0 unspecified atom stereocenters. The normalized spacial score (nSPS) is 10.1. The molecule has 3 aromatic rings. The number of carbonyl (C=O) groups is 2. The summed E-state index contributed by atoms with van der Waals surface area (Å²) in [4.78, 5) is 27.5. The number of carbonyl (C=O) groups excluding carboxylic acids is 2. The van der Waals surface area contributed by atoms with Crippen LogP contribution in [0.5, 0.6) is 5.75 Å². The van der Waals surface area contributed by atoms with Crippen molar-refractivity contribution in [2.75, 3.05) is 17.2 Å². The van der Waals surface area contributed by atoms with Crippen LogP contribution in [0.1, 0.15) is 17.3 Å². The maximum atomic E-state index is 11.9. The quantitative estimate of drug-likeness (QED) is 0.621. The monoisotopic (exact) mass is 361 g/mol. The highest BCUT2D eigenvalue weighted by atomic mass is 16.5. The zero-order chi connectivity index (χ0) is 19.1. The molecular weight excluding hydrogens is 342 g/mol. The third-order valence-corrected chi connectivity index (χ3v) is 3.72. The molecule has 0 bridgehead atoms. The summed E-state index contributed by atoms with van der Waals surface area (Å²) < 4.78 is 5.40. The molecule has 1 aromatic heterocycles. The van der Waals surface area contributed by atoms with E-state index < -0.39 is 0 Å². The summed E-state index contributed by atoms with van der Waals surface area (Å²) in [5.41, 5.74) is 2.05. The van der Waals surface area contributed by atoms with Crippen LogP contribution in [0.15, 0.2) is 72.9 Å². The maximum absolute atomic E-state index is 11.9. The highest BCUT2D eigenvalue weighted by molar-refractivity contribution is 5.94. The molecule has 6 heteroatoms. The van der Waals surface area contributed by atoms with E-state index in [1.54, 1.807) is 42.6 Å². The SMILES string of the molecule is CC(=O)c1ccc(Nc2ccc(NC(=O)COc3ccccc3)cn2)cc1. The fraction of sp³-hybridized carbons (Fsp3) is 0.0952. The number of rotatable bonds is 7. The van der Waals surface area contributed by atoms with Crippen LogP contribution >= 0.6 is 0 Å². The van der Waals surface area contributed by atoms with Gasteiger partial charge in [-0.2, -0.15) is 0 Å². The molecule has 1 amide bonds.